The number of hydrogen-bond acceptors (Lipinski definition) is 4. The summed E-state index contributed by atoms with van der Waals surface area (Å²) < 4.78 is 16.3. The number of rotatable bonds is 11. The summed E-state index contributed by atoms with van der Waals surface area (Å²) in [6.45, 7) is 8.14. The highest BCUT2D eigenvalue weighted by molar-refractivity contribution is 5.27. The monoisotopic (exact) mass is 281 g/mol. The van der Waals surface area contributed by atoms with Crippen molar-refractivity contribution >= 4 is 0 Å². The van der Waals surface area contributed by atoms with E-state index < -0.39 is 0 Å². The van der Waals surface area contributed by atoms with Gasteiger partial charge in [-0.1, -0.05) is 12.1 Å². The first-order valence-electron chi connectivity index (χ1n) is 7.29. The predicted molar refractivity (Wildman–Crippen MR) is 81.2 cm³/mol. The van der Waals surface area contributed by atoms with Crippen molar-refractivity contribution in [1.82, 2.24) is 5.32 Å². The maximum atomic E-state index is 5.81. The molecule has 4 nitrogen and oxygen atoms in total. The molecule has 0 amide bonds. The van der Waals surface area contributed by atoms with Crippen molar-refractivity contribution in [3.8, 4) is 5.75 Å². The SMILES string of the molecule is CCOCCCNCC(C)OCc1cccc(OC)c1. The van der Waals surface area contributed by atoms with E-state index in [2.05, 4.69) is 12.2 Å². The molecule has 0 radical (unpaired) electrons. The standard InChI is InChI=1S/C16H27NO3/c1-4-19-10-6-9-17-12-14(2)20-13-15-7-5-8-16(11-15)18-3/h5,7-8,11,14,17H,4,6,9-10,12-13H2,1-3H3. The van der Waals surface area contributed by atoms with Gasteiger partial charge in [0.05, 0.1) is 19.8 Å². The fourth-order valence-electron chi connectivity index (χ4n) is 1.81. The van der Waals surface area contributed by atoms with E-state index >= 15 is 0 Å². The van der Waals surface area contributed by atoms with Gasteiger partial charge in [0.15, 0.2) is 0 Å². The van der Waals surface area contributed by atoms with E-state index in [-0.39, 0.29) is 6.10 Å². The van der Waals surface area contributed by atoms with Crippen molar-refractivity contribution in [2.75, 3.05) is 33.4 Å². The van der Waals surface area contributed by atoms with Crippen molar-refractivity contribution in [2.24, 2.45) is 0 Å². The number of methoxy groups -OCH3 is 1. The van der Waals surface area contributed by atoms with Crippen LogP contribution in [-0.4, -0.2) is 39.5 Å². The Morgan fingerprint density at radius 2 is 2.15 bits per heavy atom. The number of benzene rings is 1. The lowest BCUT2D eigenvalue weighted by atomic mass is 10.2. The zero-order chi connectivity index (χ0) is 14.6. The van der Waals surface area contributed by atoms with Gasteiger partial charge in [-0.25, -0.2) is 0 Å². The minimum Gasteiger partial charge on any atom is -0.497 e. The average molecular weight is 281 g/mol. The minimum absolute atomic E-state index is 0.188. The van der Waals surface area contributed by atoms with Crippen molar-refractivity contribution in [3.05, 3.63) is 29.8 Å². The van der Waals surface area contributed by atoms with Crippen molar-refractivity contribution in [2.45, 2.75) is 33.0 Å². The summed E-state index contributed by atoms with van der Waals surface area (Å²) in [6.07, 6.45) is 1.23. The van der Waals surface area contributed by atoms with Gasteiger partial charge in [-0.05, 0) is 44.5 Å². The zero-order valence-electron chi connectivity index (χ0n) is 12.9. The van der Waals surface area contributed by atoms with Crippen LogP contribution in [0.25, 0.3) is 0 Å². The molecular formula is C16H27NO3. The molecule has 1 atom stereocenters. The fourth-order valence-corrected chi connectivity index (χ4v) is 1.81. The highest BCUT2D eigenvalue weighted by atomic mass is 16.5. The average Bonchev–Trinajstić information content (AvgIpc) is 2.49. The van der Waals surface area contributed by atoms with Gasteiger partial charge in [-0.3, -0.25) is 0 Å². The van der Waals surface area contributed by atoms with Gasteiger partial charge in [-0.2, -0.15) is 0 Å². The third-order valence-electron chi connectivity index (χ3n) is 2.95. The molecule has 0 aliphatic rings. The van der Waals surface area contributed by atoms with E-state index in [1.807, 2.05) is 31.2 Å². The Kier molecular flexibility index (Phi) is 9.04. The van der Waals surface area contributed by atoms with E-state index in [1.54, 1.807) is 7.11 Å². The van der Waals surface area contributed by atoms with Crippen LogP contribution >= 0.6 is 0 Å². The summed E-state index contributed by atoms with van der Waals surface area (Å²) in [4.78, 5) is 0. The maximum absolute atomic E-state index is 5.81. The van der Waals surface area contributed by atoms with Crippen LogP contribution in [0.5, 0.6) is 5.75 Å². The van der Waals surface area contributed by atoms with Crippen LogP contribution in [0.4, 0.5) is 0 Å². The molecule has 1 unspecified atom stereocenters. The van der Waals surface area contributed by atoms with Gasteiger partial charge < -0.3 is 19.5 Å². The highest BCUT2D eigenvalue weighted by Crippen LogP contribution is 2.13. The van der Waals surface area contributed by atoms with E-state index in [0.717, 1.165) is 44.0 Å². The van der Waals surface area contributed by atoms with Crippen LogP contribution in [0.15, 0.2) is 24.3 Å². The molecule has 1 rings (SSSR count). The lowest BCUT2D eigenvalue weighted by Crippen LogP contribution is -2.28. The van der Waals surface area contributed by atoms with Crippen LogP contribution < -0.4 is 10.1 Å². The first-order valence-corrected chi connectivity index (χ1v) is 7.29. The molecule has 0 aromatic heterocycles. The fraction of sp³-hybridized carbons (Fsp3) is 0.625. The first kappa shape index (κ1) is 17.0. The lowest BCUT2D eigenvalue weighted by Gasteiger charge is -2.14. The van der Waals surface area contributed by atoms with Crippen LogP contribution in [-0.2, 0) is 16.1 Å². The minimum atomic E-state index is 0.188. The molecule has 20 heavy (non-hydrogen) atoms. The van der Waals surface area contributed by atoms with Crippen molar-refractivity contribution < 1.29 is 14.2 Å². The second kappa shape index (κ2) is 10.7. The Balaban J connectivity index is 2.11. The molecule has 1 aromatic rings. The van der Waals surface area contributed by atoms with Gasteiger partial charge in [0.1, 0.15) is 5.75 Å². The Bertz CT molecular complexity index is 357. The molecule has 114 valence electrons. The van der Waals surface area contributed by atoms with E-state index in [9.17, 15) is 0 Å². The third-order valence-corrected chi connectivity index (χ3v) is 2.95. The Labute approximate surface area is 122 Å². The highest BCUT2D eigenvalue weighted by Gasteiger charge is 2.03. The largest absolute Gasteiger partial charge is 0.497 e. The topological polar surface area (TPSA) is 39.7 Å². The summed E-state index contributed by atoms with van der Waals surface area (Å²) in [6, 6.07) is 7.97. The summed E-state index contributed by atoms with van der Waals surface area (Å²) in [7, 11) is 1.68. The van der Waals surface area contributed by atoms with Crippen LogP contribution in [0.1, 0.15) is 25.8 Å². The summed E-state index contributed by atoms with van der Waals surface area (Å²) in [5.41, 5.74) is 1.13. The normalized spacial score (nSPS) is 12.3. The number of ether oxygens (including phenoxy) is 3. The first-order chi connectivity index (χ1) is 9.76. The van der Waals surface area contributed by atoms with Crippen LogP contribution in [0.2, 0.25) is 0 Å². The van der Waals surface area contributed by atoms with E-state index in [4.69, 9.17) is 14.2 Å². The molecule has 0 aliphatic heterocycles. The van der Waals surface area contributed by atoms with Gasteiger partial charge in [-0.15, -0.1) is 0 Å². The van der Waals surface area contributed by atoms with E-state index in [0.29, 0.717) is 6.61 Å². The van der Waals surface area contributed by atoms with Crippen molar-refractivity contribution in [1.29, 1.82) is 0 Å². The van der Waals surface area contributed by atoms with Crippen molar-refractivity contribution in [3.63, 3.8) is 0 Å². The number of hydrogen-bond donors (Lipinski definition) is 1. The maximum Gasteiger partial charge on any atom is 0.119 e. The Hall–Kier alpha value is -1.10. The van der Waals surface area contributed by atoms with Gasteiger partial charge in [0.25, 0.3) is 0 Å². The van der Waals surface area contributed by atoms with Crippen LogP contribution in [0, 0.1) is 0 Å². The molecule has 0 saturated heterocycles. The lowest BCUT2D eigenvalue weighted by molar-refractivity contribution is 0.0526. The predicted octanol–water partition coefficient (Wildman–Crippen LogP) is 2.62. The zero-order valence-corrected chi connectivity index (χ0v) is 12.9. The molecule has 1 N–H and O–H groups in total. The van der Waals surface area contributed by atoms with Gasteiger partial charge in [0.2, 0.25) is 0 Å². The Morgan fingerprint density at radius 1 is 1.30 bits per heavy atom. The molecule has 0 heterocycles. The molecule has 0 saturated carbocycles. The van der Waals surface area contributed by atoms with Gasteiger partial charge >= 0.3 is 0 Å². The molecule has 0 spiro atoms. The molecule has 0 aliphatic carbocycles. The summed E-state index contributed by atoms with van der Waals surface area (Å²) >= 11 is 0. The molecule has 1 aromatic carbocycles. The smallest absolute Gasteiger partial charge is 0.119 e. The third kappa shape index (κ3) is 7.48. The number of nitrogens with one attached hydrogen (secondary N) is 1. The second-order valence-corrected chi connectivity index (χ2v) is 4.73. The molecule has 0 bridgehead atoms. The molecule has 0 fully saturated rings. The summed E-state index contributed by atoms with van der Waals surface area (Å²) in [5.74, 6) is 0.868. The quantitative estimate of drug-likeness (QED) is 0.633. The second-order valence-electron chi connectivity index (χ2n) is 4.73. The summed E-state index contributed by atoms with van der Waals surface area (Å²) in [5, 5.41) is 3.37. The Morgan fingerprint density at radius 3 is 2.90 bits per heavy atom. The van der Waals surface area contributed by atoms with Crippen LogP contribution in [0.3, 0.4) is 0 Å². The molecule has 4 heteroatoms. The van der Waals surface area contributed by atoms with Gasteiger partial charge in [0, 0.05) is 19.8 Å². The van der Waals surface area contributed by atoms with E-state index in [1.165, 1.54) is 0 Å². The molecular weight excluding hydrogens is 254 g/mol.